The van der Waals surface area contributed by atoms with Crippen molar-refractivity contribution in [3.63, 3.8) is 0 Å². The van der Waals surface area contributed by atoms with E-state index in [0.717, 1.165) is 5.56 Å². The maximum Gasteiger partial charge on any atom is 0.221 e. The van der Waals surface area contributed by atoms with Crippen LogP contribution in [0.25, 0.3) is 11.5 Å². The van der Waals surface area contributed by atoms with E-state index in [0.29, 0.717) is 11.5 Å². The van der Waals surface area contributed by atoms with Gasteiger partial charge in [-0.1, -0.05) is 24.1 Å². The van der Waals surface area contributed by atoms with Crippen molar-refractivity contribution in [2.24, 2.45) is 0 Å². The predicted molar refractivity (Wildman–Crippen MR) is 81.3 cm³/mol. The van der Waals surface area contributed by atoms with Gasteiger partial charge in [-0.2, -0.15) is 5.26 Å². The third-order valence-electron chi connectivity index (χ3n) is 2.89. The fourth-order valence-electron chi connectivity index (χ4n) is 1.92. The number of nitrogens with zero attached hydrogens (tertiary/aromatic N) is 3. The number of anilines is 1. The molecule has 0 aliphatic heterocycles. The van der Waals surface area contributed by atoms with Crippen molar-refractivity contribution >= 4 is 5.95 Å². The van der Waals surface area contributed by atoms with E-state index >= 15 is 0 Å². The summed E-state index contributed by atoms with van der Waals surface area (Å²) in [6.07, 6.45) is 1.50. The summed E-state index contributed by atoms with van der Waals surface area (Å²) in [7, 11) is 0. The van der Waals surface area contributed by atoms with E-state index in [9.17, 15) is 5.26 Å². The quantitative estimate of drug-likeness (QED) is 0.694. The molecule has 0 spiro atoms. The third kappa shape index (κ3) is 2.65. The van der Waals surface area contributed by atoms with Crippen LogP contribution in [0.2, 0.25) is 0 Å². The van der Waals surface area contributed by atoms with Crippen molar-refractivity contribution in [3.8, 4) is 29.4 Å². The highest BCUT2D eigenvalue weighted by Gasteiger charge is 2.15. The first-order chi connectivity index (χ1) is 10.8. The van der Waals surface area contributed by atoms with Gasteiger partial charge < -0.3 is 10.2 Å². The zero-order valence-corrected chi connectivity index (χ0v) is 11.4. The molecule has 0 unspecified atom stereocenters. The van der Waals surface area contributed by atoms with E-state index < -0.39 is 0 Å². The largest absolute Gasteiger partial charge is 0.463 e. The van der Waals surface area contributed by atoms with Gasteiger partial charge in [-0.15, -0.1) is 0 Å². The summed E-state index contributed by atoms with van der Waals surface area (Å²) in [4.78, 5) is 8.14. The minimum atomic E-state index is 0.0442. The van der Waals surface area contributed by atoms with Gasteiger partial charge in [0.2, 0.25) is 5.95 Å². The van der Waals surface area contributed by atoms with Crippen molar-refractivity contribution in [2.75, 3.05) is 5.73 Å². The summed E-state index contributed by atoms with van der Waals surface area (Å²) in [5, 5.41) is 9.41. The van der Waals surface area contributed by atoms with E-state index in [1.54, 1.807) is 12.1 Å². The Labute approximate surface area is 127 Å². The van der Waals surface area contributed by atoms with Crippen molar-refractivity contribution in [1.82, 2.24) is 9.97 Å². The van der Waals surface area contributed by atoms with Gasteiger partial charge in [-0.25, -0.2) is 9.97 Å². The van der Waals surface area contributed by atoms with Crippen molar-refractivity contribution < 1.29 is 4.42 Å². The molecule has 0 bridgehead atoms. The first kappa shape index (κ1) is 13.4. The van der Waals surface area contributed by atoms with Crippen molar-refractivity contribution in [3.05, 3.63) is 65.5 Å². The molecule has 1 aromatic carbocycles. The van der Waals surface area contributed by atoms with E-state index in [1.165, 1.54) is 6.26 Å². The lowest BCUT2D eigenvalue weighted by atomic mass is 10.1. The standard InChI is InChI=1S/C17H10N4O/c18-11-13-14(9-8-12-5-2-1-3-6-12)20-17(19)21-16(13)15-7-4-10-22-15/h1-7,10H,(H2,19,20,21). The van der Waals surface area contributed by atoms with Gasteiger partial charge in [-0.05, 0) is 30.2 Å². The molecule has 2 N–H and O–H groups in total. The average Bonchev–Trinajstić information content (AvgIpc) is 3.07. The average molecular weight is 286 g/mol. The van der Waals surface area contributed by atoms with Crippen LogP contribution in [0.15, 0.2) is 53.1 Å². The first-order valence-corrected chi connectivity index (χ1v) is 6.46. The molecular weight excluding hydrogens is 276 g/mol. The Balaban J connectivity index is 2.13. The van der Waals surface area contributed by atoms with Gasteiger partial charge in [0.25, 0.3) is 0 Å². The summed E-state index contributed by atoms with van der Waals surface area (Å²) < 4.78 is 5.29. The third-order valence-corrected chi connectivity index (χ3v) is 2.89. The SMILES string of the molecule is N#Cc1c(C#Cc2ccccc2)nc(N)nc1-c1ccco1. The molecule has 0 saturated carbocycles. The molecule has 0 aliphatic rings. The molecule has 3 aromatic rings. The number of nitriles is 1. The van der Waals surface area contributed by atoms with Crippen LogP contribution in [0.3, 0.4) is 0 Å². The Kier molecular flexibility index (Phi) is 3.55. The highest BCUT2D eigenvalue weighted by atomic mass is 16.3. The molecule has 3 rings (SSSR count). The molecule has 0 fully saturated rings. The molecule has 22 heavy (non-hydrogen) atoms. The Morgan fingerprint density at radius 1 is 1.00 bits per heavy atom. The van der Waals surface area contributed by atoms with Gasteiger partial charge in [0.1, 0.15) is 23.0 Å². The van der Waals surface area contributed by atoms with Crippen LogP contribution in [-0.2, 0) is 0 Å². The molecule has 2 heterocycles. The van der Waals surface area contributed by atoms with Crippen LogP contribution in [0, 0.1) is 23.2 Å². The summed E-state index contributed by atoms with van der Waals surface area (Å²) in [5.74, 6) is 6.33. The highest BCUT2D eigenvalue weighted by Crippen LogP contribution is 2.24. The Morgan fingerprint density at radius 3 is 2.50 bits per heavy atom. The second-order valence-corrected chi connectivity index (χ2v) is 4.36. The zero-order chi connectivity index (χ0) is 15.4. The molecule has 0 aliphatic carbocycles. The number of furan rings is 1. The Hall–Kier alpha value is -3.57. The summed E-state index contributed by atoms with van der Waals surface area (Å²) in [6.45, 7) is 0. The summed E-state index contributed by atoms with van der Waals surface area (Å²) in [5.41, 5.74) is 7.41. The number of benzene rings is 1. The van der Waals surface area contributed by atoms with Gasteiger partial charge in [-0.3, -0.25) is 0 Å². The lowest BCUT2D eigenvalue weighted by molar-refractivity contribution is 0.579. The minimum Gasteiger partial charge on any atom is -0.463 e. The minimum absolute atomic E-state index is 0.0442. The first-order valence-electron chi connectivity index (χ1n) is 6.46. The van der Waals surface area contributed by atoms with Crippen LogP contribution in [0.1, 0.15) is 16.8 Å². The number of rotatable bonds is 1. The molecule has 0 saturated heterocycles. The Morgan fingerprint density at radius 2 is 1.82 bits per heavy atom. The van der Waals surface area contributed by atoms with Gasteiger partial charge in [0.05, 0.1) is 6.26 Å². The fourth-order valence-corrected chi connectivity index (χ4v) is 1.92. The zero-order valence-electron chi connectivity index (χ0n) is 11.4. The molecule has 5 nitrogen and oxygen atoms in total. The van der Waals surface area contributed by atoms with Gasteiger partial charge in [0.15, 0.2) is 5.76 Å². The van der Waals surface area contributed by atoms with E-state index in [1.807, 2.05) is 30.3 Å². The highest BCUT2D eigenvalue weighted by molar-refractivity contribution is 5.67. The maximum absolute atomic E-state index is 9.41. The molecular formula is C17H10N4O. The number of nitrogens with two attached hydrogens (primary N) is 1. The number of nitrogen functional groups attached to an aromatic ring is 1. The van der Waals surface area contributed by atoms with Crippen LogP contribution >= 0.6 is 0 Å². The van der Waals surface area contributed by atoms with Crippen LogP contribution in [0.5, 0.6) is 0 Å². The molecule has 0 radical (unpaired) electrons. The summed E-state index contributed by atoms with van der Waals surface area (Å²) >= 11 is 0. The van der Waals surface area contributed by atoms with Gasteiger partial charge >= 0.3 is 0 Å². The molecule has 2 aromatic heterocycles. The van der Waals surface area contributed by atoms with Crippen molar-refractivity contribution in [1.29, 1.82) is 5.26 Å². The van der Waals surface area contributed by atoms with Crippen LogP contribution in [0.4, 0.5) is 5.95 Å². The Bertz CT molecular complexity index is 898. The predicted octanol–water partition coefficient (Wildman–Crippen LogP) is 2.59. The molecule has 5 heteroatoms. The van der Waals surface area contributed by atoms with Crippen LogP contribution < -0.4 is 5.73 Å². The second-order valence-electron chi connectivity index (χ2n) is 4.36. The smallest absolute Gasteiger partial charge is 0.221 e. The van der Waals surface area contributed by atoms with E-state index in [2.05, 4.69) is 27.9 Å². The second kappa shape index (κ2) is 5.82. The van der Waals surface area contributed by atoms with E-state index in [-0.39, 0.29) is 17.2 Å². The molecule has 104 valence electrons. The maximum atomic E-state index is 9.41. The number of hydrogen-bond acceptors (Lipinski definition) is 5. The topological polar surface area (TPSA) is 88.7 Å². The number of aromatic nitrogens is 2. The van der Waals surface area contributed by atoms with Gasteiger partial charge in [0, 0.05) is 5.56 Å². The van der Waals surface area contributed by atoms with Crippen LogP contribution in [-0.4, -0.2) is 9.97 Å². The van der Waals surface area contributed by atoms with Crippen molar-refractivity contribution in [2.45, 2.75) is 0 Å². The normalized spacial score (nSPS) is 9.59. The lowest BCUT2D eigenvalue weighted by Gasteiger charge is -2.03. The fraction of sp³-hybridized carbons (Fsp3) is 0. The molecule has 0 amide bonds. The lowest BCUT2D eigenvalue weighted by Crippen LogP contribution is -2.03. The monoisotopic (exact) mass is 286 g/mol. The van der Waals surface area contributed by atoms with E-state index in [4.69, 9.17) is 10.2 Å². The molecule has 0 atom stereocenters. The summed E-state index contributed by atoms with van der Waals surface area (Å²) in [6, 6.07) is 14.9. The number of hydrogen-bond donors (Lipinski definition) is 1.